The van der Waals surface area contributed by atoms with Crippen LogP contribution in [-0.4, -0.2) is 34.7 Å². The Labute approximate surface area is 109 Å². The maximum absolute atomic E-state index is 13.3. The van der Waals surface area contributed by atoms with Crippen molar-refractivity contribution in [3.8, 4) is 0 Å². The smallest absolute Gasteiger partial charge is 0.326 e. The molecule has 0 spiro atoms. The fourth-order valence-electron chi connectivity index (χ4n) is 1.36. The van der Waals surface area contributed by atoms with E-state index in [9.17, 15) is 27.2 Å². The Bertz CT molecular complexity index is 550. The van der Waals surface area contributed by atoms with Gasteiger partial charge in [-0.1, -0.05) is 0 Å². The van der Waals surface area contributed by atoms with Crippen LogP contribution in [0.2, 0.25) is 0 Å². The summed E-state index contributed by atoms with van der Waals surface area (Å²) < 4.78 is 51.8. The number of carbonyl (C=O) groups excluding carboxylic acids is 1. The number of hydrogen-bond acceptors (Lipinski definition) is 3. The minimum absolute atomic E-state index is 0.112. The molecule has 0 aromatic heterocycles. The summed E-state index contributed by atoms with van der Waals surface area (Å²) in [5.74, 6) is -11.0. The van der Waals surface area contributed by atoms with Gasteiger partial charge < -0.3 is 15.5 Å². The number of benzene rings is 1. The largest absolute Gasteiger partial charge is 0.480 e. The van der Waals surface area contributed by atoms with Crippen LogP contribution in [0, 0.1) is 23.3 Å². The lowest BCUT2D eigenvalue weighted by Gasteiger charge is -2.13. The van der Waals surface area contributed by atoms with Crippen LogP contribution in [0.15, 0.2) is 6.07 Å². The maximum atomic E-state index is 13.3. The van der Waals surface area contributed by atoms with Gasteiger partial charge in [-0.2, -0.15) is 0 Å². The van der Waals surface area contributed by atoms with Crippen molar-refractivity contribution in [3.05, 3.63) is 34.9 Å². The number of nitrogens with one attached hydrogen (secondary N) is 1. The zero-order chi connectivity index (χ0) is 15.4. The first-order valence-corrected chi connectivity index (χ1v) is 5.27. The van der Waals surface area contributed by atoms with Crippen LogP contribution in [0.3, 0.4) is 0 Å². The second-order valence-electron chi connectivity index (χ2n) is 3.72. The molecule has 1 rings (SSSR count). The molecular formula is C11H9F4NO4. The van der Waals surface area contributed by atoms with E-state index in [0.29, 0.717) is 0 Å². The van der Waals surface area contributed by atoms with E-state index in [0.717, 1.165) is 0 Å². The van der Waals surface area contributed by atoms with Gasteiger partial charge in [0.05, 0.1) is 5.56 Å². The number of aliphatic carboxylic acids is 1. The van der Waals surface area contributed by atoms with Crippen molar-refractivity contribution >= 4 is 11.9 Å². The number of aliphatic hydroxyl groups is 1. The molecule has 9 heteroatoms. The fourth-order valence-corrected chi connectivity index (χ4v) is 1.36. The van der Waals surface area contributed by atoms with Crippen LogP contribution < -0.4 is 5.32 Å². The lowest BCUT2D eigenvalue weighted by atomic mass is 10.1. The molecule has 0 aliphatic heterocycles. The van der Waals surface area contributed by atoms with E-state index in [1.54, 1.807) is 5.32 Å². The molecule has 3 N–H and O–H groups in total. The summed E-state index contributed by atoms with van der Waals surface area (Å²) in [4.78, 5) is 22.2. The van der Waals surface area contributed by atoms with E-state index in [1.807, 2.05) is 0 Å². The second kappa shape index (κ2) is 6.33. The number of halogens is 4. The monoisotopic (exact) mass is 295 g/mol. The van der Waals surface area contributed by atoms with Gasteiger partial charge in [0.25, 0.3) is 5.91 Å². The van der Waals surface area contributed by atoms with Crippen LogP contribution in [0.5, 0.6) is 0 Å². The maximum Gasteiger partial charge on any atom is 0.326 e. The van der Waals surface area contributed by atoms with Gasteiger partial charge in [0.2, 0.25) is 0 Å². The number of aliphatic hydroxyl groups excluding tert-OH is 1. The number of carboxylic acid groups (broad SMARTS) is 1. The Balaban J connectivity index is 3.07. The Hall–Kier alpha value is -2.16. The number of carboxylic acids is 1. The van der Waals surface area contributed by atoms with Gasteiger partial charge in [-0.05, 0) is 6.07 Å². The van der Waals surface area contributed by atoms with Crippen molar-refractivity contribution in [3.63, 3.8) is 0 Å². The molecule has 1 atom stereocenters. The van der Waals surface area contributed by atoms with Crippen molar-refractivity contribution in [2.45, 2.75) is 12.5 Å². The molecule has 5 nitrogen and oxygen atoms in total. The summed E-state index contributed by atoms with van der Waals surface area (Å²) in [7, 11) is 0. The van der Waals surface area contributed by atoms with Crippen LogP contribution in [0.4, 0.5) is 17.6 Å². The van der Waals surface area contributed by atoms with Gasteiger partial charge in [0, 0.05) is 13.0 Å². The zero-order valence-electron chi connectivity index (χ0n) is 9.79. The molecule has 1 aromatic rings. The minimum atomic E-state index is -2.18. The molecule has 0 saturated heterocycles. The normalized spacial score (nSPS) is 12.1. The average Bonchev–Trinajstić information content (AvgIpc) is 2.39. The molecule has 0 saturated carbocycles. The third kappa shape index (κ3) is 3.23. The molecule has 110 valence electrons. The molecule has 0 bridgehead atoms. The molecule has 20 heavy (non-hydrogen) atoms. The number of amides is 1. The first-order chi connectivity index (χ1) is 9.29. The molecule has 1 amide bonds. The van der Waals surface area contributed by atoms with Gasteiger partial charge in [-0.15, -0.1) is 0 Å². The third-order valence-electron chi connectivity index (χ3n) is 2.37. The Kier molecular flexibility index (Phi) is 5.03. The van der Waals surface area contributed by atoms with Crippen LogP contribution in [0.1, 0.15) is 16.8 Å². The summed E-state index contributed by atoms with van der Waals surface area (Å²) >= 11 is 0. The van der Waals surface area contributed by atoms with Gasteiger partial charge in [-0.25, -0.2) is 22.4 Å². The van der Waals surface area contributed by atoms with E-state index >= 15 is 0 Å². The molecule has 0 radical (unpaired) electrons. The minimum Gasteiger partial charge on any atom is -0.480 e. The lowest BCUT2D eigenvalue weighted by molar-refractivity contribution is -0.139. The zero-order valence-corrected chi connectivity index (χ0v) is 9.79. The van der Waals surface area contributed by atoms with Gasteiger partial charge >= 0.3 is 5.97 Å². The fraction of sp³-hybridized carbons (Fsp3) is 0.273. The van der Waals surface area contributed by atoms with Crippen molar-refractivity contribution < 1.29 is 37.4 Å². The SMILES string of the molecule is O=C(N[C@H](CCO)C(=O)O)c1cc(F)c(F)c(F)c1F. The first kappa shape index (κ1) is 15.9. The molecule has 0 heterocycles. The topological polar surface area (TPSA) is 86.6 Å². The van der Waals surface area contributed by atoms with Crippen molar-refractivity contribution in [1.29, 1.82) is 0 Å². The first-order valence-electron chi connectivity index (χ1n) is 5.27. The van der Waals surface area contributed by atoms with Crippen molar-refractivity contribution in [2.24, 2.45) is 0 Å². The number of hydrogen-bond donors (Lipinski definition) is 3. The van der Waals surface area contributed by atoms with E-state index in [4.69, 9.17) is 10.2 Å². The Morgan fingerprint density at radius 1 is 1.15 bits per heavy atom. The van der Waals surface area contributed by atoms with Crippen LogP contribution >= 0.6 is 0 Å². The Morgan fingerprint density at radius 2 is 1.75 bits per heavy atom. The molecular weight excluding hydrogens is 286 g/mol. The standard InChI is InChI=1S/C11H9F4NO4/c12-5-3-4(7(13)9(15)8(5)14)10(18)16-6(1-2-17)11(19)20/h3,6,17H,1-2H2,(H,16,18)(H,19,20)/t6-/m1/s1. The molecule has 0 fully saturated rings. The predicted molar refractivity (Wildman–Crippen MR) is 56.9 cm³/mol. The lowest BCUT2D eigenvalue weighted by Crippen LogP contribution is -2.41. The molecule has 0 aliphatic rings. The van der Waals surface area contributed by atoms with E-state index in [1.165, 1.54) is 0 Å². The summed E-state index contributed by atoms with van der Waals surface area (Å²) in [6.07, 6.45) is -0.394. The quantitative estimate of drug-likeness (QED) is 0.426. The molecule has 0 aliphatic carbocycles. The average molecular weight is 295 g/mol. The van der Waals surface area contributed by atoms with E-state index in [2.05, 4.69) is 0 Å². The number of rotatable bonds is 5. The van der Waals surface area contributed by atoms with Crippen LogP contribution in [0.25, 0.3) is 0 Å². The van der Waals surface area contributed by atoms with Crippen molar-refractivity contribution in [1.82, 2.24) is 5.32 Å². The van der Waals surface area contributed by atoms with Gasteiger partial charge in [-0.3, -0.25) is 4.79 Å². The van der Waals surface area contributed by atoms with Crippen molar-refractivity contribution in [2.75, 3.05) is 6.61 Å². The predicted octanol–water partition coefficient (Wildman–Crippen LogP) is 0.808. The number of carbonyl (C=O) groups is 2. The summed E-state index contributed by atoms with van der Waals surface area (Å²) in [6.45, 7) is -0.591. The second-order valence-corrected chi connectivity index (χ2v) is 3.72. The highest BCUT2D eigenvalue weighted by atomic mass is 19.2. The van der Waals surface area contributed by atoms with Crippen LogP contribution in [-0.2, 0) is 4.79 Å². The summed E-state index contributed by atoms with van der Waals surface area (Å²) in [6, 6.07) is -1.47. The highest BCUT2D eigenvalue weighted by Gasteiger charge is 2.26. The van der Waals surface area contributed by atoms with Gasteiger partial charge in [0.1, 0.15) is 6.04 Å². The third-order valence-corrected chi connectivity index (χ3v) is 2.37. The van der Waals surface area contributed by atoms with E-state index in [-0.39, 0.29) is 6.07 Å². The summed E-state index contributed by atoms with van der Waals surface area (Å²) in [5.41, 5.74) is -1.18. The summed E-state index contributed by atoms with van der Waals surface area (Å²) in [5, 5.41) is 19.0. The molecule has 1 aromatic carbocycles. The van der Waals surface area contributed by atoms with E-state index < -0.39 is 59.8 Å². The highest BCUT2D eigenvalue weighted by molar-refractivity contribution is 5.96. The highest BCUT2D eigenvalue weighted by Crippen LogP contribution is 2.18. The Morgan fingerprint density at radius 3 is 2.25 bits per heavy atom. The molecule has 0 unspecified atom stereocenters. The van der Waals surface area contributed by atoms with Gasteiger partial charge in [0.15, 0.2) is 23.3 Å².